The van der Waals surface area contributed by atoms with Crippen LogP contribution in [-0.4, -0.2) is 120 Å². The summed E-state index contributed by atoms with van der Waals surface area (Å²) in [6, 6.07) is 0. The van der Waals surface area contributed by atoms with Gasteiger partial charge in [0.2, 0.25) is 0 Å². The van der Waals surface area contributed by atoms with Gasteiger partial charge in [-0.2, -0.15) is 110 Å². The second-order valence-corrected chi connectivity index (χ2v) is 10.5. The topological polar surface area (TPSA) is 60.4 Å². The number of likely N-dealkylation sites (N-methyl/N-ethyl adjacent to an activating group) is 1. The van der Waals surface area contributed by atoms with Gasteiger partial charge < -0.3 is 19.5 Å². The van der Waals surface area contributed by atoms with Crippen LogP contribution < -0.4 is 5.11 Å². The van der Waals surface area contributed by atoms with E-state index in [4.69, 9.17) is 0 Å². The largest absolute Gasteiger partial charge is 0.544 e. The van der Waals surface area contributed by atoms with Crippen molar-refractivity contribution >= 4 is 5.97 Å². The average molecular weight is 779 g/mol. The number of quaternary nitrogens is 1. The summed E-state index contributed by atoms with van der Waals surface area (Å²) < 4.78 is 336. The first kappa shape index (κ1) is 45.6. The molecular weight excluding hydrogens is 765 g/mol. The molecule has 0 aliphatic carbocycles. The zero-order chi connectivity index (χ0) is 39.8. The smallest absolute Gasteiger partial charge is 0.460 e. The third-order valence-corrected chi connectivity index (χ3v) is 6.12. The first-order chi connectivity index (χ1) is 20.3. The number of halogens is 25. The molecule has 48 heavy (non-hydrogen) atoms. The number of carbonyl (C=O) groups excluding carboxylic acids is 1. The second kappa shape index (κ2) is 11.9. The molecule has 0 aliphatic rings. The van der Waals surface area contributed by atoms with Crippen molar-refractivity contribution in [1.82, 2.24) is 0 Å². The highest BCUT2D eigenvalue weighted by molar-refractivity contribution is 5.65. The molecule has 0 heterocycles. The number of aliphatic hydroxyl groups excluding tert-OH is 1. The summed E-state index contributed by atoms with van der Waals surface area (Å²) in [6.07, 6.45) is -14.8. The second-order valence-electron chi connectivity index (χ2n) is 10.5. The summed E-state index contributed by atoms with van der Waals surface area (Å²) >= 11 is 0. The minimum Gasteiger partial charge on any atom is -0.544 e. The van der Waals surface area contributed by atoms with E-state index >= 15 is 0 Å². The van der Waals surface area contributed by atoms with Gasteiger partial charge in [0.1, 0.15) is 19.2 Å². The Kier molecular flexibility index (Phi) is 11.3. The lowest BCUT2D eigenvalue weighted by Crippen LogP contribution is -2.78. The van der Waals surface area contributed by atoms with Crippen LogP contribution in [0.4, 0.5) is 110 Å². The SMILES string of the molecule is C[N+](C)(CC(=O)[O-])CC(O)CC(F)(F)C(F)(F)C(F)(F)C(F)(F)C(F)(F)C(F)(F)C(F)(F)C(F)(F)C(F)(F)C(F)(F)C(F)(F)C(F)(F)F. The molecule has 0 saturated heterocycles. The van der Waals surface area contributed by atoms with Crippen LogP contribution in [-0.2, 0) is 4.79 Å². The van der Waals surface area contributed by atoms with Crippen LogP contribution in [0, 0.1) is 0 Å². The van der Waals surface area contributed by atoms with E-state index in [9.17, 15) is 125 Å². The van der Waals surface area contributed by atoms with Crippen molar-refractivity contribution in [2.24, 2.45) is 0 Å². The first-order valence-corrected chi connectivity index (χ1v) is 11.2. The van der Waals surface area contributed by atoms with Crippen molar-refractivity contribution in [3.63, 3.8) is 0 Å². The van der Waals surface area contributed by atoms with Crippen LogP contribution in [0.25, 0.3) is 0 Å². The van der Waals surface area contributed by atoms with E-state index in [2.05, 4.69) is 0 Å². The number of hydrogen-bond acceptors (Lipinski definition) is 3. The lowest BCUT2D eigenvalue weighted by molar-refractivity contribution is -0.888. The average Bonchev–Trinajstić information content (AvgIpc) is 2.80. The van der Waals surface area contributed by atoms with Gasteiger partial charge in [0.05, 0.1) is 20.1 Å². The molecule has 0 fully saturated rings. The van der Waals surface area contributed by atoms with Gasteiger partial charge in [-0.15, -0.1) is 0 Å². The number of carbonyl (C=O) groups is 1. The number of aliphatic hydroxyl groups is 1. The molecule has 0 aromatic heterocycles. The lowest BCUT2D eigenvalue weighted by Gasteiger charge is -2.45. The van der Waals surface area contributed by atoms with Crippen molar-refractivity contribution < 1.29 is 129 Å². The number of rotatable bonds is 16. The van der Waals surface area contributed by atoms with Gasteiger partial charge in [-0.1, -0.05) is 0 Å². The summed E-state index contributed by atoms with van der Waals surface area (Å²) in [7, 11) is 1.28. The molecule has 288 valence electrons. The van der Waals surface area contributed by atoms with Gasteiger partial charge in [0.25, 0.3) is 0 Å². The van der Waals surface area contributed by atoms with Crippen molar-refractivity contribution in [3.05, 3.63) is 0 Å². The van der Waals surface area contributed by atoms with Gasteiger partial charge in [0, 0.05) is 6.42 Å². The number of hydrogen-bond donors (Lipinski definition) is 1. The fourth-order valence-corrected chi connectivity index (χ4v) is 3.46. The Morgan fingerprint density at radius 3 is 0.958 bits per heavy atom. The monoisotopic (exact) mass is 779 g/mol. The zero-order valence-corrected chi connectivity index (χ0v) is 22.4. The van der Waals surface area contributed by atoms with E-state index in [1.54, 1.807) is 0 Å². The van der Waals surface area contributed by atoms with Crippen LogP contribution in [0.2, 0.25) is 0 Å². The normalized spacial score (nSPS) is 17.1. The van der Waals surface area contributed by atoms with Crippen molar-refractivity contribution in [2.45, 2.75) is 83.8 Å². The van der Waals surface area contributed by atoms with E-state index < -0.39 is 107 Å². The minimum absolute atomic E-state index is 0.639. The lowest BCUT2D eigenvalue weighted by atomic mass is 9.84. The molecule has 0 saturated carbocycles. The maximum atomic E-state index is 14.0. The predicted molar refractivity (Wildman–Crippen MR) is 97.9 cm³/mol. The first-order valence-electron chi connectivity index (χ1n) is 11.2. The quantitative estimate of drug-likeness (QED) is 0.152. The number of carboxylic acid groups (broad SMARTS) is 1. The van der Waals surface area contributed by atoms with Gasteiger partial charge in [-0.3, -0.25) is 0 Å². The Morgan fingerprint density at radius 2 is 0.729 bits per heavy atom. The fraction of sp³-hybridized carbons (Fsp3) is 0.947. The van der Waals surface area contributed by atoms with E-state index in [0.29, 0.717) is 14.1 Å². The van der Waals surface area contributed by atoms with Gasteiger partial charge in [0.15, 0.2) is 0 Å². The van der Waals surface area contributed by atoms with Crippen LogP contribution >= 0.6 is 0 Å². The van der Waals surface area contributed by atoms with Crippen molar-refractivity contribution in [3.8, 4) is 0 Å². The Morgan fingerprint density at radius 1 is 0.500 bits per heavy atom. The summed E-state index contributed by atoms with van der Waals surface area (Å²) in [4.78, 5) is 10.5. The van der Waals surface area contributed by atoms with E-state index in [1.807, 2.05) is 0 Å². The molecule has 4 nitrogen and oxygen atoms in total. The molecule has 0 radical (unpaired) electrons. The molecular formula is C19H14F25NO3. The number of nitrogens with zero attached hydrogens (tertiary/aromatic N) is 1. The zero-order valence-electron chi connectivity index (χ0n) is 22.4. The molecule has 0 aliphatic heterocycles. The van der Waals surface area contributed by atoms with Crippen LogP contribution in [0.3, 0.4) is 0 Å². The maximum absolute atomic E-state index is 14.0. The van der Waals surface area contributed by atoms with E-state index in [0.717, 1.165) is 0 Å². The Hall–Kier alpha value is -2.36. The highest BCUT2D eigenvalue weighted by atomic mass is 19.4. The van der Waals surface area contributed by atoms with Crippen LogP contribution in [0.15, 0.2) is 0 Å². The molecule has 1 atom stereocenters. The molecule has 0 bridgehead atoms. The minimum atomic E-state index is -9.67. The number of carboxylic acids is 1. The molecule has 0 spiro atoms. The van der Waals surface area contributed by atoms with Crippen molar-refractivity contribution in [2.75, 3.05) is 27.2 Å². The number of aliphatic carboxylic acids is 1. The standard InChI is InChI=1S/C19H14F25NO3/c1-45(2,5-7(47)48)4-6(46)3-8(20,21)9(22,23)10(24,25)11(26,27)12(28,29)13(30,31)14(32,33)15(34,35)16(36,37)17(38,39)18(40,41)19(42,43)44/h6,46H,3-5H2,1-2H3. The van der Waals surface area contributed by atoms with Gasteiger partial charge in [-0.05, 0) is 0 Å². The van der Waals surface area contributed by atoms with Gasteiger partial charge in [-0.25, -0.2) is 0 Å². The van der Waals surface area contributed by atoms with Crippen LogP contribution in [0.1, 0.15) is 6.42 Å². The Balaban J connectivity index is 7.13. The van der Waals surface area contributed by atoms with Crippen LogP contribution in [0.5, 0.6) is 0 Å². The summed E-state index contributed by atoms with van der Waals surface area (Å²) in [5.74, 6) is -102. The molecule has 0 rings (SSSR count). The molecule has 0 aromatic rings. The third-order valence-electron chi connectivity index (χ3n) is 6.12. The highest BCUT2D eigenvalue weighted by Gasteiger charge is 2.99. The maximum Gasteiger partial charge on any atom is 0.460 e. The summed E-state index contributed by atoms with van der Waals surface area (Å²) in [5, 5.41) is 19.9. The highest BCUT2D eigenvalue weighted by Crippen LogP contribution is 2.67. The molecule has 0 aromatic carbocycles. The predicted octanol–water partition coefficient (Wildman–Crippen LogP) is 6.11. The fourth-order valence-electron chi connectivity index (χ4n) is 3.46. The molecule has 0 amide bonds. The number of alkyl halides is 25. The van der Waals surface area contributed by atoms with E-state index in [-0.39, 0.29) is 0 Å². The Bertz CT molecular complexity index is 1170. The summed E-state index contributed by atoms with van der Waals surface area (Å²) in [5.41, 5.74) is 0. The third kappa shape index (κ3) is 6.37. The van der Waals surface area contributed by atoms with Crippen molar-refractivity contribution in [1.29, 1.82) is 0 Å². The molecule has 29 heteroatoms. The summed E-state index contributed by atoms with van der Waals surface area (Å²) in [6.45, 7) is -2.91. The Labute approximate surface area is 247 Å². The molecule has 1 unspecified atom stereocenters. The van der Waals surface area contributed by atoms with Gasteiger partial charge >= 0.3 is 71.3 Å². The molecule has 1 N–H and O–H groups in total. The van der Waals surface area contributed by atoms with E-state index in [1.165, 1.54) is 0 Å².